The number of carbonyl (C=O) groups is 1. The second-order valence-electron chi connectivity index (χ2n) is 2.50. The maximum Gasteiger partial charge on any atom is 0.330 e. The lowest BCUT2D eigenvalue weighted by atomic mass is 10.5. The molecule has 0 spiro atoms. The Morgan fingerprint density at radius 2 is 2.18 bits per heavy atom. The quantitative estimate of drug-likeness (QED) is 0.558. The molecule has 0 atom stereocenters. The number of rotatable bonds is 3. The number of methoxy groups -OCH3 is 1. The molecule has 11 heavy (non-hydrogen) atoms. The van der Waals surface area contributed by atoms with Crippen molar-refractivity contribution in [1.82, 2.24) is 0 Å². The van der Waals surface area contributed by atoms with Crippen molar-refractivity contribution < 1.29 is 9.53 Å². The zero-order chi connectivity index (χ0) is 8.91. The van der Waals surface area contributed by atoms with Crippen molar-refractivity contribution in [3.05, 3.63) is 12.2 Å². The van der Waals surface area contributed by atoms with E-state index in [9.17, 15) is 4.79 Å². The van der Waals surface area contributed by atoms with E-state index in [1.54, 1.807) is 0 Å². The second kappa shape index (κ2) is 4.83. The fraction of sp³-hybridized carbons (Fsp3) is 0.571. The van der Waals surface area contributed by atoms with Gasteiger partial charge in [0.1, 0.15) is 0 Å². The van der Waals surface area contributed by atoms with E-state index in [4.69, 9.17) is 0 Å². The first kappa shape index (κ1) is 11.0. The van der Waals surface area contributed by atoms with E-state index in [0.29, 0.717) is 0 Å². The van der Waals surface area contributed by atoms with Gasteiger partial charge in [-0.25, -0.2) is 4.79 Å². The molecule has 0 aromatic carbocycles. The minimum atomic E-state index is -0.710. The van der Waals surface area contributed by atoms with Crippen LogP contribution in [0.3, 0.4) is 0 Å². The van der Waals surface area contributed by atoms with Gasteiger partial charge in [-0.3, -0.25) is 0 Å². The van der Waals surface area contributed by atoms with Gasteiger partial charge in [-0.15, -0.1) is 0 Å². The molecule has 0 aromatic heterocycles. The molecular weight excluding hydrogens is 228 g/mol. The fourth-order valence-corrected chi connectivity index (χ4v) is 1.45. The van der Waals surface area contributed by atoms with Crippen LogP contribution in [-0.4, -0.2) is 31.3 Å². The summed E-state index contributed by atoms with van der Waals surface area (Å²) in [5.74, 6) is 0.600. The van der Waals surface area contributed by atoms with Crippen molar-refractivity contribution in [2.45, 2.75) is 0 Å². The van der Waals surface area contributed by atoms with E-state index in [-0.39, 0.29) is 5.97 Å². The van der Waals surface area contributed by atoms with Gasteiger partial charge in [0.2, 0.25) is 0 Å². The van der Waals surface area contributed by atoms with Gasteiger partial charge in [0.05, 0.1) is 7.11 Å². The standard InChI is InChI=1S/C7H13BrO2S/c1-10-7(9)5-4-6-11(2,3)8/h4-5H,6H2,1-3H3/b5-4+. The first-order valence-electron chi connectivity index (χ1n) is 3.11. The van der Waals surface area contributed by atoms with Crippen LogP contribution in [0.25, 0.3) is 0 Å². The van der Waals surface area contributed by atoms with E-state index in [1.165, 1.54) is 13.2 Å². The van der Waals surface area contributed by atoms with Crippen molar-refractivity contribution in [1.29, 1.82) is 0 Å². The van der Waals surface area contributed by atoms with E-state index in [0.717, 1.165) is 5.75 Å². The molecule has 0 bridgehead atoms. The molecule has 66 valence electrons. The average molecular weight is 241 g/mol. The van der Waals surface area contributed by atoms with Crippen LogP contribution in [0.1, 0.15) is 0 Å². The van der Waals surface area contributed by atoms with Crippen molar-refractivity contribution in [3.63, 3.8) is 0 Å². The summed E-state index contributed by atoms with van der Waals surface area (Å²) in [4.78, 5) is 10.6. The highest BCUT2D eigenvalue weighted by molar-refractivity contribution is 9.58. The number of ether oxygens (including phenoxy) is 1. The molecule has 0 heterocycles. The van der Waals surface area contributed by atoms with E-state index in [2.05, 4.69) is 32.1 Å². The number of hydrogen-bond donors (Lipinski definition) is 0. The summed E-state index contributed by atoms with van der Waals surface area (Å²) in [6, 6.07) is 0. The number of hydrogen-bond acceptors (Lipinski definition) is 2. The van der Waals surface area contributed by atoms with Gasteiger partial charge in [-0.2, -0.15) is 8.46 Å². The highest BCUT2D eigenvalue weighted by Crippen LogP contribution is 2.47. The Bertz CT molecular complexity index is 160. The lowest BCUT2D eigenvalue weighted by molar-refractivity contribution is -0.134. The minimum Gasteiger partial charge on any atom is -0.466 e. The number of halogens is 1. The van der Waals surface area contributed by atoms with Crippen molar-refractivity contribution in [3.8, 4) is 0 Å². The second-order valence-corrected chi connectivity index (χ2v) is 10.9. The molecule has 0 amide bonds. The summed E-state index contributed by atoms with van der Waals surface area (Å²) in [7, 11) is 0.664. The van der Waals surface area contributed by atoms with Gasteiger partial charge in [0, 0.05) is 11.8 Å². The van der Waals surface area contributed by atoms with Crippen LogP contribution in [0, 0.1) is 0 Å². The highest BCUT2D eigenvalue weighted by atomic mass is 79.9. The van der Waals surface area contributed by atoms with Gasteiger partial charge >= 0.3 is 5.97 Å². The van der Waals surface area contributed by atoms with E-state index >= 15 is 0 Å². The molecule has 0 saturated heterocycles. The Labute approximate surface area is 76.5 Å². The zero-order valence-electron chi connectivity index (χ0n) is 6.96. The normalized spacial score (nSPS) is 13.5. The molecule has 0 unspecified atom stereocenters. The summed E-state index contributed by atoms with van der Waals surface area (Å²) in [6.45, 7) is 0. The molecule has 0 N–H and O–H groups in total. The minimum absolute atomic E-state index is 0.291. The summed E-state index contributed by atoms with van der Waals surface area (Å²) < 4.78 is 4.43. The first-order valence-corrected chi connectivity index (χ1v) is 7.57. The third-order valence-electron chi connectivity index (χ3n) is 0.948. The molecular formula is C7H13BrO2S. The van der Waals surface area contributed by atoms with Gasteiger partial charge in [0.25, 0.3) is 0 Å². The van der Waals surface area contributed by atoms with Crippen LogP contribution >= 0.6 is 23.3 Å². The molecule has 0 rings (SSSR count). The monoisotopic (exact) mass is 240 g/mol. The molecule has 2 nitrogen and oxygen atoms in total. The number of esters is 1. The molecule has 0 radical (unpaired) electrons. The topological polar surface area (TPSA) is 26.3 Å². The molecule has 0 aromatic rings. The Kier molecular flexibility index (Phi) is 4.84. The van der Waals surface area contributed by atoms with Gasteiger partial charge in [-0.1, -0.05) is 6.08 Å². The van der Waals surface area contributed by atoms with Gasteiger partial charge < -0.3 is 4.74 Å². The lowest BCUT2D eigenvalue weighted by Crippen LogP contribution is -1.95. The molecule has 0 saturated carbocycles. The van der Waals surface area contributed by atoms with Crippen LogP contribution in [0.5, 0.6) is 0 Å². The summed E-state index contributed by atoms with van der Waals surface area (Å²) in [6.07, 6.45) is 7.52. The third-order valence-corrected chi connectivity index (χ3v) is 2.73. The predicted octanol–water partition coefficient (Wildman–Crippen LogP) is 2.09. The van der Waals surface area contributed by atoms with Crippen molar-refractivity contribution in [2.75, 3.05) is 25.4 Å². The maximum absolute atomic E-state index is 10.6. The van der Waals surface area contributed by atoms with Crippen LogP contribution in [0.4, 0.5) is 0 Å². The van der Waals surface area contributed by atoms with E-state index in [1.807, 2.05) is 6.08 Å². The van der Waals surface area contributed by atoms with Crippen LogP contribution in [0.15, 0.2) is 12.2 Å². The van der Waals surface area contributed by atoms with Crippen molar-refractivity contribution >= 4 is 29.2 Å². The summed E-state index contributed by atoms with van der Waals surface area (Å²) >= 11 is 3.53. The Hall–Kier alpha value is 0.0400. The van der Waals surface area contributed by atoms with Crippen LogP contribution < -0.4 is 0 Å². The van der Waals surface area contributed by atoms with E-state index < -0.39 is 8.46 Å². The fourth-order valence-electron chi connectivity index (χ4n) is 0.441. The van der Waals surface area contributed by atoms with Crippen LogP contribution in [0.2, 0.25) is 0 Å². The maximum atomic E-state index is 10.6. The molecule has 0 fully saturated rings. The molecule has 0 aliphatic rings. The predicted molar refractivity (Wildman–Crippen MR) is 54.4 cm³/mol. The smallest absolute Gasteiger partial charge is 0.330 e. The largest absolute Gasteiger partial charge is 0.466 e. The third kappa shape index (κ3) is 7.94. The summed E-state index contributed by atoms with van der Waals surface area (Å²) in [5.41, 5.74) is 0. The Morgan fingerprint density at radius 1 is 1.64 bits per heavy atom. The Balaban J connectivity index is 3.70. The van der Waals surface area contributed by atoms with Gasteiger partial charge in [0.15, 0.2) is 0 Å². The SMILES string of the molecule is COC(=O)/C=C/CS(C)(C)Br. The lowest BCUT2D eigenvalue weighted by Gasteiger charge is -2.19. The Morgan fingerprint density at radius 3 is 2.55 bits per heavy atom. The summed E-state index contributed by atoms with van der Waals surface area (Å²) in [5, 5.41) is 0. The number of carbonyl (C=O) groups excluding carboxylic acids is 1. The van der Waals surface area contributed by atoms with Gasteiger partial charge in [-0.05, 0) is 27.3 Å². The molecule has 4 heteroatoms. The van der Waals surface area contributed by atoms with Crippen molar-refractivity contribution in [2.24, 2.45) is 0 Å². The highest BCUT2D eigenvalue weighted by Gasteiger charge is 2.02. The average Bonchev–Trinajstić information content (AvgIpc) is 1.85. The molecule has 0 aliphatic carbocycles. The zero-order valence-corrected chi connectivity index (χ0v) is 9.37. The molecule has 0 aliphatic heterocycles. The first-order chi connectivity index (χ1) is 4.95. The van der Waals surface area contributed by atoms with Crippen LogP contribution in [-0.2, 0) is 9.53 Å².